The van der Waals surface area contributed by atoms with Gasteiger partial charge in [0.05, 0.1) is 5.75 Å². The molecule has 0 aromatic rings. The molecule has 2 unspecified atom stereocenters. The maximum atomic E-state index is 11.7. The fourth-order valence-corrected chi connectivity index (χ4v) is 4.67. The van der Waals surface area contributed by atoms with Crippen molar-refractivity contribution in [1.82, 2.24) is 9.62 Å². The van der Waals surface area contributed by atoms with E-state index in [0.717, 1.165) is 25.4 Å². The van der Waals surface area contributed by atoms with Gasteiger partial charge in [0, 0.05) is 26.2 Å². The molecular formula is C14H26N2O2S. The van der Waals surface area contributed by atoms with Crippen LogP contribution in [-0.2, 0) is 10.0 Å². The summed E-state index contributed by atoms with van der Waals surface area (Å²) in [6.07, 6.45) is 5.60. The highest BCUT2D eigenvalue weighted by Gasteiger charge is 2.27. The zero-order valence-electron chi connectivity index (χ0n) is 12.1. The second kappa shape index (κ2) is 6.37. The maximum Gasteiger partial charge on any atom is 0.214 e. The van der Waals surface area contributed by atoms with E-state index >= 15 is 0 Å². The lowest BCUT2D eigenvalue weighted by Gasteiger charge is -2.29. The molecular weight excluding hydrogens is 260 g/mol. The highest BCUT2D eigenvalue weighted by molar-refractivity contribution is 7.89. The predicted molar refractivity (Wildman–Crippen MR) is 78.5 cm³/mol. The monoisotopic (exact) mass is 286 g/mol. The van der Waals surface area contributed by atoms with E-state index in [0.29, 0.717) is 24.8 Å². The van der Waals surface area contributed by atoms with Gasteiger partial charge in [-0.25, -0.2) is 12.7 Å². The van der Waals surface area contributed by atoms with Crippen molar-refractivity contribution in [2.45, 2.75) is 33.1 Å². The van der Waals surface area contributed by atoms with E-state index in [1.807, 2.05) is 0 Å². The van der Waals surface area contributed by atoms with Crippen LogP contribution in [0.4, 0.5) is 0 Å². The minimum absolute atomic E-state index is 0.328. The van der Waals surface area contributed by atoms with Crippen LogP contribution in [0.5, 0.6) is 0 Å². The van der Waals surface area contributed by atoms with E-state index in [4.69, 9.17) is 0 Å². The third-order valence-electron chi connectivity index (χ3n) is 4.47. The van der Waals surface area contributed by atoms with Crippen LogP contribution in [0.1, 0.15) is 33.1 Å². The van der Waals surface area contributed by atoms with E-state index in [-0.39, 0.29) is 0 Å². The van der Waals surface area contributed by atoms with Gasteiger partial charge in [-0.1, -0.05) is 18.6 Å². The summed E-state index contributed by atoms with van der Waals surface area (Å²) >= 11 is 0. The Hall–Kier alpha value is -0.390. The Labute approximate surface area is 117 Å². The number of nitrogens with one attached hydrogen (secondary N) is 1. The Morgan fingerprint density at radius 2 is 2.26 bits per heavy atom. The number of allylic oxidation sites excluding steroid dienone is 1. The number of nitrogens with zero attached hydrogens (tertiary/aromatic N) is 1. The van der Waals surface area contributed by atoms with Gasteiger partial charge in [0.15, 0.2) is 0 Å². The first-order valence-electron chi connectivity index (χ1n) is 7.36. The Morgan fingerprint density at radius 1 is 1.47 bits per heavy atom. The molecule has 0 amide bonds. The molecule has 0 aromatic carbocycles. The predicted octanol–water partition coefficient (Wildman–Crippen LogP) is 1.60. The highest BCUT2D eigenvalue weighted by atomic mass is 32.2. The Balaban J connectivity index is 1.72. The fraction of sp³-hybridized carbons (Fsp3) is 0.857. The lowest BCUT2D eigenvalue weighted by molar-refractivity contribution is 0.343. The van der Waals surface area contributed by atoms with Crippen LogP contribution in [0.3, 0.4) is 0 Å². The number of sulfonamides is 1. The van der Waals surface area contributed by atoms with Crippen molar-refractivity contribution in [1.29, 1.82) is 0 Å². The summed E-state index contributed by atoms with van der Waals surface area (Å²) in [5, 5.41) is 3.43. The first-order valence-corrected chi connectivity index (χ1v) is 8.97. The molecule has 1 aliphatic heterocycles. The standard InChI is InChI=1S/C14H26N2O2S/c1-12-5-3-6-13(2)14(12)11-15-7-9-16-8-4-10-19(16,17)18/h5,13-15H,3-4,6-11H2,1-2H3. The summed E-state index contributed by atoms with van der Waals surface area (Å²) in [7, 11) is -2.93. The van der Waals surface area contributed by atoms with Gasteiger partial charge in [-0.15, -0.1) is 0 Å². The topological polar surface area (TPSA) is 49.4 Å². The van der Waals surface area contributed by atoms with Crippen LogP contribution in [0.25, 0.3) is 0 Å². The van der Waals surface area contributed by atoms with Gasteiger partial charge in [0.1, 0.15) is 0 Å². The van der Waals surface area contributed by atoms with E-state index in [2.05, 4.69) is 25.2 Å². The Bertz CT molecular complexity index is 431. The molecule has 1 fully saturated rings. The van der Waals surface area contributed by atoms with Crippen molar-refractivity contribution in [3.8, 4) is 0 Å². The molecule has 0 radical (unpaired) electrons. The molecule has 1 saturated heterocycles. The second-order valence-corrected chi connectivity index (χ2v) is 7.97. The van der Waals surface area contributed by atoms with Gasteiger partial charge in [0.25, 0.3) is 0 Å². The molecule has 2 atom stereocenters. The van der Waals surface area contributed by atoms with E-state index < -0.39 is 10.0 Å². The Morgan fingerprint density at radius 3 is 2.89 bits per heavy atom. The molecule has 1 aliphatic carbocycles. The van der Waals surface area contributed by atoms with Crippen LogP contribution in [0.15, 0.2) is 11.6 Å². The van der Waals surface area contributed by atoms with Gasteiger partial charge in [-0.3, -0.25) is 0 Å². The van der Waals surface area contributed by atoms with E-state index in [1.165, 1.54) is 18.4 Å². The molecule has 1 heterocycles. The molecule has 19 heavy (non-hydrogen) atoms. The van der Waals surface area contributed by atoms with Crippen LogP contribution < -0.4 is 5.32 Å². The van der Waals surface area contributed by atoms with Crippen molar-refractivity contribution in [2.24, 2.45) is 11.8 Å². The van der Waals surface area contributed by atoms with Crippen molar-refractivity contribution in [2.75, 3.05) is 31.9 Å². The first kappa shape index (κ1) is 15.0. The molecule has 0 spiro atoms. The van der Waals surface area contributed by atoms with Crippen molar-refractivity contribution in [3.63, 3.8) is 0 Å². The zero-order chi connectivity index (χ0) is 13.9. The average molecular weight is 286 g/mol. The van der Waals surface area contributed by atoms with Gasteiger partial charge in [0.2, 0.25) is 10.0 Å². The third kappa shape index (κ3) is 3.80. The summed E-state index contributed by atoms with van der Waals surface area (Å²) in [6.45, 7) is 7.57. The molecule has 110 valence electrons. The number of rotatable bonds is 5. The normalized spacial score (nSPS) is 31.4. The van der Waals surface area contributed by atoms with Crippen molar-refractivity contribution < 1.29 is 8.42 Å². The summed E-state index contributed by atoms with van der Waals surface area (Å²) in [5.74, 6) is 1.67. The fourth-order valence-electron chi connectivity index (χ4n) is 3.14. The van der Waals surface area contributed by atoms with E-state index in [9.17, 15) is 8.42 Å². The molecule has 0 bridgehead atoms. The number of hydrogen-bond donors (Lipinski definition) is 1. The average Bonchev–Trinajstić information content (AvgIpc) is 2.67. The maximum absolute atomic E-state index is 11.7. The summed E-state index contributed by atoms with van der Waals surface area (Å²) in [6, 6.07) is 0. The molecule has 5 heteroatoms. The Kier molecular flexibility index (Phi) is 5.03. The third-order valence-corrected chi connectivity index (χ3v) is 6.42. The van der Waals surface area contributed by atoms with Crippen LogP contribution in [0, 0.1) is 11.8 Å². The van der Waals surface area contributed by atoms with Crippen molar-refractivity contribution >= 4 is 10.0 Å². The minimum Gasteiger partial charge on any atom is -0.315 e. The molecule has 0 saturated carbocycles. The zero-order valence-corrected chi connectivity index (χ0v) is 12.9. The minimum atomic E-state index is -2.93. The molecule has 2 aliphatic rings. The van der Waals surface area contributed by atoms with Gasteiger partial charge in [-0.2, -0.15) is 0 Å². The van der Waals surface area contributed by atoms with Gasteiger partial charge in [-0.05, 0) is 38.0 Å². The SMILES string of the molecule is CC1=CCCC(C)C1CNCCN1CCCS1(=O)=O. The summed E-state index contributed by atoms with van der Waals surface area (Å²) in [5.41, 5.74) is 1.49. The summed E-state index contributed by atoms with van der Waals surface area (Å²) < 4.78 is 24.9. The smallest absolute Gasteiger partial charge is 0.214 e. The van der Waals surface area contributed by atoms with Crippen LogP contribution in [0.2, 0.25) is 0 Å². The van der Waals surface area contributed by atoms with Gasteiger partial charge >= 0.3 is 0 Å². The van der Waals surface area contributed by atoms with Crippen LogP contribution in [-0.4, -0.2) is 44.7 Å². The lowest BCUT2D eigenvalue weighted by atomic mass is 9.80. The summed E-state index contributed by atoms with van der Waals surface area (Å²) in [4.78, 5) is 0. The molecule has 2 rings (SSSR count). The second-order valence-electron chi connectivity index (χ2n) is 5.88. The van der Waals surface area contributed by atoms with Crippen molar-refractivity contribution in [3.05, 3.63) is 11.6 Å². The molecule has 4 nitrogen and oxygen atoms in total. The first-order chi connectivity index (χ1) is 9.00. The quantitative estimate of drug-likeness (QED) is 0.617. The highest BCUT2D eigenvalue weighted by Crippen LogP contribution is 2.29. The number of hydrogen-bond acceptors (Lipinski definition) is 3. The lowest BCUT2D eigenvalue weighted by Crippen LogP contribution is -2.36. The molecule has 1 N–H and O–H groups in total. The van der Waals surface area contributed by atoms with Crippen LogP contribution >= 0.6 is 0 Å². The molecule has 0 aromatic heterocycles. The van der Waals surface area contributed by atoms with Gasteiger partial charge < -0.3 is 5.32 Å². The largest absolute Gasteiger partial charge is 0.315 e. The van der Waals surface area contributed by atoms with E-state index in [1.54, 1.807) is 4.31 Å².